The smallest absolute Gasteiger partial charge is 0.788 e. The van der Waals surface area contributed by atoms with Gasteiger partial charge in [-0.2, -0.15) is 0 Å². The summed E-state index contributed by atoms with van der Waals surface area (Å²) in [6.45, 7) is 8.00. The van der Waals surface area contributed by atoms with Crippen LogP contribution in [0.4, 0.5) is 0 Å². The number of hydrogen-bond acceptors (Lipinski definition) is 4. The van der Waals surface area contributed by atoms with Crippen LogP contribution < -0.4 is 23.8 Å². The third kappa shape index (κ3) is 4.84. The molecule has 0 aliphatic rings. The Morgan fingerprint density at radius 3 is 1.23 bits per heavy atom. The second kappa shape index (κ2) is 8.98. The van der Waals surface area contributed by atoms with E-state index < -0.39 is 18.4 Å². The van der Waals surface area contributed by atoms with E-state index in [1.807, 2.05) is 27.7 Å². The summed E-state index contributed by atoms with van der Waals surface area (Å²) >= 11 is 0. The van der Waals surface area contributed by atoms with Gasteiger partial charge in [0, 0.05) is 11.1 Å². The first-order valence-corrected chi connectivity index (χ1v) is 9.87. The van der Waals surface area contributed by atoms with Crippen LogP contribution >= 0.6 is 7.37 Å². The molecule has 0 aromatic heterocycles. The number of carbonyl (C=O) groups excluding carboxylic acids is 2. The van der Waals surface area contributed by atoms with Crippen LogP contribution in [-0.2, 0) is 4.57 Å². The minimum absolute atomic E-state index is 0. The summed E-state index contributed by atoms with van der Waals surface area (Å²) in [5, 5.41) is 0. The second-order valence-corrected chi connectivity index (χ2v) is 8.63. The van der Waals surface area contributed by atoms with Crippen LogP contribution in [0.3, 0.4) is 0 Å². The Balaban J connectivity index is 0.00000338. The van der Waals surface area contributed by atoms with Gasteiger partial charge in [-0.25, -0.2) is 0 Å². The van der Waals surface area contributed by atoms with E-state index in [1.165, 1.54) is 24.3 Å². The predicted molar refractivity (Wildman–Crippen MR) is 97.3 cm³/mol. The average Bonchev–Trinajstić information content (AvgIpc) is 2.60. The fourth-order valence-corrected chi connectivity index (χ4v) is 3.62. The van der Waals surface area contributed by atoms with Gasteiger partial charge in [0.25, 0.3) is 0 Å². The van der Waals surface area contributed by atoms with Crippen molar-refractivity contribution in [2.75, 3.05) is 0 Å². The summed E-state index contributed by atoms with van der Waals surface area (Å²) in [7, 11) is -4.92. The van der Waals surface area contributed by atoms with Crippen molar-refractivity contribution in [3.05, 3.63) is 70.8 Å². The van der Waals surface area contributed by atoms with E-state index in [1.54, 1.807) is 24.3 Å². The summed E-state index contributed by atoms with van der Waals surface area (Å²) in [5.74, 6) is 0.536. The molecule has 132 valence electrons. The van der Waals surface area contributed by atoms with Gasteiger partial charge in [0.15, 0.2) is 7.37 Å². The van der Waals surface area contributed by atoms with Crippen molar-refractivity contribution in [1.29, 1.82) is 0 Å². The molecule has 2 rings (SSSR count). The number of benzene rings is 2. The number of rotatable bonds is 6. The molecule has 0 heterocycles. The van der Waals surface area contributed by atoms with Gasteiger partial charge >= 0.3 is 18.9 Å². The molecule has 0 unspecified atom stereocenters. The molecule has 0 radical (unpaired) electrons. The molecule has 0 amide bonds. The van der Waals surface area contributed by atoms with Crippen LogP contribution in [0.2, 0.25) is 0 Å². The van der Waals surface area contributed by atoms with Crippen molar-refractivity contribution in [3.8, 4) is 0 Å². The first-order valence-electron chi connectivity index (χ1n) is 8.25. The molecule has 6 heteroatoms. The Kier molecular flexibility index (Phi) is 7.81. The molecule has 0 bridgehead atoms. The normalized spacial score (nSPS) is 11.3. The molecular weight excluding hydrogens is 342 g/mol. The third-order valence-corrected chi connectivity index (χ3v) is 5.77. The molecule has 0 spiro atoms. The molecule has 0 saturated carbocycles. The zero-order valence-electron chi connectivity index (χ0n) is 15.9. The zero-order chi connectivity index (χ0) is 18.8. The molecular formula is C20H22LiO4P. The Morgan fingerprint density at radius 1 is 0.731 bits per heavy atom. The quantitative estimate of drug-likeness (QED) is 0.576. The molecule has 0 fully saturated rings. The van der Waals surface area contributed by atoms with Gasteiger partial charge in [0.05, 0.1) is 0 Å². The van der Waals surface area contributed by atoms with E-state index in [0.29, 0.717) is 0 Å². The Bertz CT molecular complexity index is 756. The third-order valence-electron chi connectivity index (χ3n) is 4.18. The van der Waals surface area contributed by atoms with Crippen molar-refractivity contribution in [2.24, 2.45) is 0 Å². The van der Waals surface area contributed by atoms with Crippen LogP contribution in [0.1, 0.15) is 71.4 Å². The van der Waals surface area contributed by atoms with Gasteiger partial charge in [0.1, 0.15) is 0 Å². The van der Waals surface area contributed by atoms with E-state index >= 15 is 0 Å². The van der Waals surface area contributed by atoms with E-state index in [4.69, 9.17) is 0 Å². The predicted octanol–water partition coefficient (Wildman–Crippen LogP) is 1.56. The SMILES string of the molecule is CC(C)c1ccc(C(=O)P(=O)([O-])C(=O)c2ccc(C(C)C)cc2)cc1.[Li+]. The van der Waals surface area contributed by atoms with Crippen LogP contribution in [0, 0.1) is 0 Å². The standard InChI is InChI=1S/C20H23O4P.Li/c1-13(2)15-5-9-17(10-6-15)19(21)25(23,24)20(22)18-11-7-16(8-12-18)14(3)4;/h5-14H,1-4H3,(H,23,24);/q;+1/p-1. The van der Waals surface area contributed by atoms with Gasteiger partial charge in [-0.05, 0) is 23.0 Å². The van der Waals surface area contributed by atoms with E-state index in [-0.39, 0.29) is 41.8 Å². The fourth-order valence-electron chi connectivity index (χ4n) is 2.45. The van der Waals surface area contributed by atoms with Gasteiger partial charge in [-0.1, -0.05) is 76.2 Å². The topological polar surface area (TPSA) is 74.3 Å². The maximum Gasteiger partial charge on any atom is 1.00 e. The summed E-state index contributed by atoms with van der Waals surface area (Å²) in [5.41, 5.74) is -0.271. The molecule has 0 saturated heterocycles. The minimum atomic E-state index is -4.92. The van der Waals surface area contributed by atoms with Gasteiger partial charge < -0.3 is 9.46 Å². The summed E-state index contributed by atoms with van der Waals surface area (Å²) in [6, 6.07) is 12.7. The molecule has 0 N–H and O–H groups in total. The Morgan fingerprint density at radius 2 is 1.00 bits per heavy atom. The number of hydrogen-bond donors (Lipinski definition) is 0. The maximum absolute atomic E-state index is 12.4. The summed E-state index contributed by atoms with van der Waals surface area (Å²) in [4.78, 5) is 37.1. The minimum Gasteiger partial charge on any atom is -0.788 e. The van der Waals surface area contributed by atoms with Gasteiger partial charge in [-0.15, -0.1) is 0 Å². The van der Waals surface area contributed by atoms with Gasteiger partial charge in [0.2, 0.25) is 11.0 Å². The molecule has 0 atom stereocenters. The molecule has 0 aliphatic carbocycles. The molecule has 4 nitrogen and oxygen atoms in total. The van der Waals surface area contributed by atoms with Crippen LogP contribution in [-0.4, -0.2) is 11.0 Å². The monoisotopic (exact) mass is 364 g/mol. The Labute approximate surface area is 166 Å². The summed E-state index contributed by atoms with van der Waals surface area (Å²) in [6.07, 6.45) is 0. The molecule has 26 heavy (non-hydrogen) atoms. The van der Waals surface area contributed by atoms with Crippen molar-refractivity contribution in [1.82, 2.24) is 0 Å². The molecule has 0 aliphatic heterocycles. The zero-order valence-corrected chi connectivity index (χ0v) is 16.7. The van der Waals surface area contributed by atoms with Crippen molar-refractivity contribution in [2.45, 2.75) is 39.5 Å². The van der Waals surface area contributed by atoms with E-state index in [9.17, 15) is 19.0 Å². The van der Waals surface area contributed by atoms with Crippen LogP contribution in [0.5, 0.6) is 0 Å². The number of carbonyl (C=O) groups is 2. The van der Waals surface area contributed by atoms with Crippen LogP contribution in [0.25, 0.3) is 0 Å². The van der Waals surface area contributed by atoms with Crippen LogP contribution in [0.15, 0.2) is 48.5 Å². The second-order valence-electron chi connectivity index (χ2n) is 6.72. The van der Waals surface area contributed by atoms with E-state index in [2.05, 4.69) is 0 Å². The van der Waals surface area contributed by atoms with Crippen molar-refractivity contribution >= 4 is 18.4 Å². The Hall–Kier alpha value is -1.43. The largest absolute Gasteiger partial charge is 1.00 e. The average molecular weight is 364 g/mol. The fraction of sp³-hybridized carbons (Fsp3) is 0.300. The molecule has 2 aromatic carbocycles. The van der Waals surface area contributed by atoms with E-state index in [0.717, 1.165) is 11.1 Å². The first-order chi connectivity index (χ1) is 11.6. The van der Waals surface area contributed by atoms with Gasteiger partial charge in [-0.3, -0.25) is 9.59 Å². The molecule has 2 aromatic rings. The maximum atomic E-state index is 12.4. The van der Waals surface area contributed by atoms with Crippen molar-refractivity contribution in [3.63, 3.8) is 0 Å². The van der Waals surface area contributed by atoms with Crippen molar-refractivity contribution < 1.29 is 37.9 Å². The summed E-state index contributed by atoms with van der Waals surface area (Å²) < 4.78 is 12.4. The first kappa shape index (κ1) is 22.6.